The van der Waals surface area contributed by atoms with Gasteiger partial charge in [-0.3, -0.25) is 0 Å². The van der Waals surface area contributed by atoms with E-state index in [-0.39, 0.29) is 0 Å². The maximum Gasteiger partial charge on any atom is 0.140 e. The van der Waals surface area contributed by atoms with Crippen LogP contribution in [-0.2, 0) is 12.1 Å². The zero-order chi connectivity index (χ0) is 11.9. The third-order valence-electron chi connectivity index (χ3n) is 4.53. The van der Waals surface area contributed by atoms with E-state index in [1.807, 2.05) is 12.4 Å². The summed E-state index contributed by atoms with van der Waals surface area (Å²) in [6.07, 6.45) is 10.8. The van der Waals surface area contributed by atoms with E-state index < -0.39 is 5.60 Å². The lowest BCUT2D eigenvalue weighted by molar-refractivity contribution is -0.0351. The van der Waals surface area contributed by atoms with Crippen LogP contribution in [0.3, 0.4) is 0 Å². The lowest BCUT2D eigenvalue weighted by Gasteiger charge is -2.36. The standard InChI is InChI=1S/C14H22N2O/c1-2-16-9-8-15-13(16)14(17)7-3-4-12(10-14)11-5-6-11/h8-9,11-12,17H,2-7,10H2,1H3. The number of aromatic nitrogens is 2. The van der Waals surface area contributed by atoms with Gasteiger partial charge in [0.2, 0.25) is 0 Å². The van der Waals surface area contributed by atoms with Crippen LogP contribution in [0.25, 0.3) is 0 Å². The minimum Gasteiger partial charge on any atom is -0.382 e. The summed E-state index contributed by atoms with van der Waals surface area (Å²) in [5.74, 6) is 2.52. The number of aliphatic hydroxyl groups is 1. The van der Waals surface area contributed by atoms with Crippen LogP contribution in [0.4, 0.5) is 0 Å². The number of hydrogen-bond acceptors (Lipinski definition) is 2. The van der Waals surface area contributed by atoms with Crippen LogP contribution in [-0.4, -0.2) is 14.7 Å². The first-order valence-corrected chi connectivity index (χ1v) is 6.97. The van der Waals surface area contributed by atoms with Gasteiger partial charge in [-0.05, 0) is 57.3 Å². The Kier molecular flexibility index (Phi) is 2.74. The van der Waals surface area contributed by atoms with Gasteiger partial charge in [0.25, 0.3) is 0 Å². The number of hydrogen-bond donors (Lipinski definition) is 1. The highest BCUT2D eigenvalue weighted by Crippen LogP contribution is 2.49. The molecule has 3 rings (SSSR count). The quantitative estimate of drug-likeness (QED) is 0.873. The maximum atomic E-state index is 10.9. The highest BCUT2D eigenvalue weighted by Gasteiger charge is 2.43. The minimum absolute atomic E-state index is 0.662. The molecule has 3 nitrogen and oxygen atoms in total. The minimum atomic E-state index is -0.662. The molecule has 94 valence electrons. The Hall–Kier alpha value is -0.830. The topological polar surface area (TPSA) is 38.0 Å². The van der Waals surface area contributed by atoms with Crippen molar-refractivity contribution in [2.75, 3.05) is 0 Å². The smallest absolute Gasteiger partial charge is 0.140 e. The first-order valence-electron chi connectivity index (χ1n) is 6.97. The number of imidazole rings is 1. The second kappa shape index (κ2) is 4.13. The number of aryl methyl sites for hydroxylation is 1. The van der Waals surface area contributed by atoms with Crippen LogP contribution in [0, 0.1) is 11.8 Å². The van der Waals surface area contributed by atoms with Crippen molar-refractivity contribution in [1.29, 1.82) is 0 Å². The van der Waals surface area contributed by atoms with E-state index in [0.29, 0.717) is 0 Å². The summed E-state index contributed by atoms with van der Waals surface area (Å²) in [7, 11) is 0. The SMILES string of the molecule is CCn1ccnc1C1(O)CCCC(C2CC2)C1. The first-order chi connectivity index (χ1) is 8.23. The molecule has 2 aliphatic carbocycles. The molecule has 0 amide bonds. The summed E-state index contributed by atoms with van der Waals surface area (Å²) < 4.78 is 2.09. The van der Waals surface area contributed by atoms with Gasteiger partial charge >= 0.3 is 0 Å². The molecule has 1 heterocycles. The summed E-state index contributed by atoms with van der Waals surface area (Å²) in [6, 6.07) is 0. The van der Waals surface area contributed by atoms with Crippen LogP contribution in [0.2, 0.25) is 0 Å². The van der Waals surface area contributed by atoms with Crippen LogP contribution < -0.4 is 0 Å². The fraction of sp³-hybridized carbons (Fsp3) is 0.786. The van der Waals surface area contributed by atoms with Crippen molar-refractivity contribution >= 4 is 0 Å². The van der Waals surface area contributed by atoms with Gasteiger partial charge in [0.15, 0.2) is 0 Å². The second-order valence-electron chi connectivity index (χ2n) is 5.76. The third kappa shape index (κ3) is 2.01. The van der Waals surface area contributed by atoms with Gasteiger partial charge in [-0.2, -0.15) is 0 Å². The van der Waals surface area contributed by atoms with Gasteiger partial charge in [-0.25, -0.2) is 4.98 Å². The molecule has 0 radical (unpaired) electrons. The van der Waals surface area contributed by atoms with E-state index in [1.54, 1.807) is 0 Å². The lowest BCUT2D eigenvalue weighted by Crippen LogP contribution is -2.36. The van der Waals surface area contributed by atoms with Crippen molar-refractivity contribution < 1.29 is 5.11 Å². The van der Waals surface area contributed by atoms with Crippen molar-refractivity contribution in [3.05, 3.63) is 18.2 Å². The average molecular weight is 234 g/mol. The van der Waals surface area contributed by atoms with E-state index in [2.05, 4.69) is 16.5 Å². The molecular formula is C14H22N2O. The molecule has 2 fully saturated rings. The molecular weight excluding hydrogens is 212 g/mol. The highest BCUT2D eigenvalue weighted by atomic mass is 16.3. The summed E-state index contributed by atoms with van der Waals surface area (Å²) in [4.78, 5) is 4.41. The second-order valence-corrected chi connectivity index (χ2v) is 5.76. The van der Waals surface area contributed by atoms with E-state index in [1.165, 1.54) is 19.3 Å². The Morgan fingerprint density at radius 2 is 2.24 bits per heavy atom. The van der Waals surface area contributed by atoms with Crippen LogP contribution in [0.1, 0.15) is 51.3 Å². The first kappa shape index (κ1) is 11.3. The Balaban J connectivity index is 1.83. The van der Waals surface area contributed by atoms with E-state index in [9.17, 15) is 5.11 Å². The largest absolute Gasteiger partial charge is 0.382 e. The highest BCUT2D eigenvalue weighted by molar-refractivity contribution is 5.08. The van der Waals surface area contributed by atoms with Crippen molar-refractivity contribution in [3.63, 3.8) is 0 Å². The van der Waals surface area contributed by atoms with Crippen LogP contribution >= 0.6 is 0 Å². The van der Waals surface area contributed by atoms with Crippen molar-refractivity contribution in [2.45, 2.75) is 57.6 Å². The summed E-state index contributed by atoms with van der Waals surface area (Å²) in [5, 5.41) is 10.9. The molecule has 1 N–H and O–H groups in total. The van der Waals surface area contributed by atoms with Gasteiger partial charge in [-0.15, -0.1) is 0 Å². The fourth-order valence-electron chi connectivity index (χ4n) is 3.44. The molecule has 2 unspecified atom stereocenters. The molecule has 17 heavy (non-hydrogen) atoms. The van der Waals surface area contributed by atoms with Crippen molar-refractivity contribution in [2.24, 2.45) is 11.8 Å². The predicted octanol–water partition coefficient (Wildman–Crippen LogP) is 2.69. The normalized spacial score (nSPS) is 33.9. The van der Waals surface area contributed by atoms with E-state index in [4.69, 9.17) is 0 Å². The molecule has 0 bridgehead atoms. The molecule has 2 aliphatic rings. The van der Waals surface area contributed by atoms with Crippen molar-refractivity contribution in [3.8, 4) is 0 Å². The molecule has 3 heteroatoms. The summed E-state index contributed by atoms with van der Waals surface area (Å²) >= 11 is 0. The Bertz CT molecular complexity index is 397. The van der Waals surface area contributed by atoms with Crippen LogP contribution in [0.15, 0.2) is 12.4 Å². The summed E-state index contributed by atoms with van der Waals surface area (Å²) in [6.45, 7) is 3.00. The molecule has 1 aromatic heterocycles. The van der Waals surface area contributed by atoms with Gasteiger partial charge in [0, 0.05) is 18.9 Å². The van der Waals surface area contributed by atoms with E-state index >= 15 is 0 Å². The molecule has 0 aliphatic heterocycles. The zero-order valence-electron chi connectivity index (χ0n) is 10.6. The Morgan fingerprint density at radius 3 is 2.94 bits per heavy atom. The molecule has 0 spiro atoms. The molecule has 1 aromatic rings. The monoisotopic (exact) mass is 234 g/mol. The fourth-order valence-corrected chi connectivity index (χ4v) is 3.44. The van der Waals surface area contributed by atoms with E-state index in [0.717, 1.165) is 43.5 Å². The van der Waals surface area contributed by atoms with Gasteiger partial charge in [0.1, 0.15) is 11.4 Å². The molecule has 0 saturated heterocycles. The lowest BCUT2D eigenvalue weighted by atomic mass is 9.75. The zero-order valence-corrected chi connectivity index (χ0v) is 10.6. The molecule has 0 aromatic carbocycles. The third-order valence-corrected chi connectivity index (χ3v) is 4.53. The Labute approximate surface area is 103 Å². The number of nitrogens with zero attached hydrogens (tertiary/aromatic N) is 2. The average Bonchev–Trinajstić information content (AvgIpc) is 3.06. The summed E-state index contributed by atoms with van der Waals surface area (Å²) in [5.41, 5.74) is -0.662. The maximum absolute atomic E-state index is 10.9. The predicted molar refractivity (Wildman–Crippen MR) is 66.5 cm³/mol. The van der Waals surface area contributed by atoms with Gasteiger partial charge in [-0.1, -0.05) is 0 Å². The van der Waals surface area contributed by atoms with Gasteiger partial charge < -0.3 is 9.67 Å². The van der Waals surface area contributed by atoms with Crippen molar-refractivity contribution in [1.82, 2.24) is 9.55 Å². The van der Waals surface area contributed by atoms with Crippen LogP contribution in [0.5, 0.6) is 0 Å². The number of rotatable bonds is 3. The molecule has 2 saturated carbocycles. The Morgan fingerprint density at radius 1 is 1.41 bits per heavy atom. The van der Waals surface area contributed by atoms with Gasteiger partial charge in [0.05, 0.1) is 0 Å². The molecule has 2 atom stereocenters.